The minimum Gasteiger partial charge on any atom is -0.467 e. The van der Waals surface area contributed by atoms with Gasteiger partial charge in [-0.3, -0.25) is 4.79 Å². The van der Waals surface area contributed by atoms with Crippen LogP contribution in [0.5, 0.6) is 0 Å². The third kappa shape index (κ3) is 3.77. The van der Waals surface area contributed by atoms with E-state index in [0.717, 1.165) is 10.5 Å². The Morgan fingerprint density at radius 3 is 2.52 bits per heavy atom. The zero-order valence-corrected chi connectivity index (χ0v) is 13.1. The summed E-state index contributed by atoms with van der Waals surface area (Å²) in [5.74, 6) is -1.47. The van der Waals surface area contributed by atoms with Gasteiger partial charge in [0.1, 0.15) is 6.04 Å². The zero-order chi connectivity index (χ0) is 16.8. The molecule has 1 aliphatic rings. The van der Waals surface area contributed by atoms with Crippen LogP contribution in [0.25, 0.3) is 6.08 Å². The lowest BCUT2D eigenvalue weighted by Gasteiger charge is -2.18. The highest BCUT2D eigenvalue weighted by Gasteiger charge is 2.47. The Kier molecular flexibility index (Phi) is 5.51. The average Bonchev–Trinajstić information content (AvgIpc) is 2.91. The third-order valence-electron chi connectivity index (χ3n) is 3.78. The van der Waals surface area contributed by atoms with E-state index in [1.807, 2.05) is 42.5 Å². The van der Waals surface area contributed by atoms with Crippen LogP contribution in [0.3, 0.4) is 0 Å². The van der Waals surface area contributed by atoms with Gasteiger partial charge in [-0.25, -0.2) is 14.5 Å². The smallest absolute Gasteiger partial charge is 0.417 e. The number of hydrogen-bond acceptors (Lipinski definition) is 5. The topological polar surface area (TPSA) is 72.9 Å². The lowest BCUT2D eigenvalue weighted by Crippen LogP contribution is -2.43. The number of nitrogens with zero attached hydrogens (tertiary/aromatic N) is 1. The van der Waals surface area contributed by atoms with E-state index >= 15 is 0 Å². The second kappa shape index (κ2) is 7.58. The quantitative estimate of drug-likeness (QED) is 0.796. The summed E-state index contributed by atoms with van der Waals surface area (Å²) in [6, 6.07) is 8.75. The number of amides is 2. The summed E-state index contributed by atoms with van der Waals surface area (Å²) in [6.07, 6.45) is 3.61. The molecule has 6 heteroatoms. The molecule has 0 aromatic heterocycles. The molecule has 0 spiro atoms. The molecule has 1 aromatic carbocycles. The molecular formula is C17H19NO5. The Hall–Kier alpha value is -2.63. The van der Waals surface area contributed by atoms with Crippen molar-refractivity contribution >= 4 is 24.0 Å². The number of imide groups is 1. The Balaban J connectivity index is 2.08. The Bertz CT molecular complexity index is 611. The molecule has 122 valence electrons. The van der Waals surface area contributed by atoms with Gasteiger partial charge in [0.2, 0.25) is 5.91 Å². The highest BCUT2D eigenvalue weighted by molar-refractivity contribution is 6.00. The number of hydrogen-bond donors (Lipinski definition) is 0. The summed E-state index contributed by atoms with van der Waals surface area (Å²) in [6.45, 7) is 0. The maximum atomic E-state index is 12.4. The van der Waals surface area contributed by atoms with Crippen molar-refractivity contribution in [1.29, 1.82) is 0 Å². The number of carbonyl (C=O) groups is 3. The van der Waals surface area contributed by atoms with Gasteiger partial charge in [-0.05, 0) is 18.4 Å². The number of allylic oxidation sites excluding steroid dienone is 1. The molecule has 1 fully saturated rings. The van der Waals surface area contributed by atoms with Gasteiger partial charge in [0.15, 0.2) is 0 Å². The first-order valence-corrected chi connectivity index (χ1v) is 7.29. The summed E-state index contributed by atoms with van der Waals surface area (Å²) in [5.41, 5.74) is 1.02. The number of methoxy groups -OCH3 is 2. The van der Waals surface area contributed by atoms with Crippen molar-refractivity contribution in [3.8, 4) is 0 Å². The molecule has 6 nitrogen and oxygen atoms in total. The van der Waals surface area contributed by atoms with Crippen LogP contribution in [0.2, 0.25) is 0 Å². The van der Waals surface area contributed by atoms with Crippen LogP contribution >= 0.6 is 0 Å². The van der Waals surface area contributed by atoms with Gasteiger partial charge in [0.05, 0.1) is 14.2 Å². The number of ether oxygens (including phenoxy) is 2. The van der Waals surface area contributed by atoms with Crippen LogP contribution in [0.1, 0.15) is 18.4 Å². The predicted octanol–water partition coefficient (Wildman–Crippen LogP) is 2.25. The van der Waals surface area contributed by atoms with Crippen LogP contribution in [0.4, 0.5) is 4.79 Å². The molecule has 0 radical (unpaired) electrons. The molecule has 1 heterocycles. The summed E-state index contributed by atoms with van der Waals surface area (Å²) in [7, 11) is 2.40. The normalized spacial score (nSPS) is 20.8. The highest BCUT2D eigenvalue weighted by Crippen LogP contribution is 2.29. The van der Waals surface area contributed by atoms with E-state index in [0.29, 0.717) is 6.42 Å². The van der Waals surface area contributed by atoms with Crippen molar-refractivity contribution in [3.05, 3.63) is 42.0 Å². The molecule has 2 atom stereocenters. The van der Waals surface area contributed by atoms with E-state index < -0.39 is 29.9 Å². The van der Waals surface area contributed by atoms with E-state index in [-0.39, 0.29) is 6.42 Å². The van der Waals surface area contributed by atoms with Crippen molar-refractivity contribution in [2.45, 2.75) is 18.9 Å². The molecule has 0 bridgehead atoms. The van der Waals surface area contributed by atoms with Crippen molar-refractivity contribution in [3.63, 3.8) is 0 Å². The molecule has 0 aliphatic carbocycles. The van der Waals surface area contributed by atoms with E-state index in [4.69, 9.17) is 0 Å². The first-order chi connectivity index (χ1) is 11.1. The van der Waals surface area contributed by atoms with Gasteiger partial charge in [-0.15, -0.1) is 0 Å². The molecule has 0 unspecified atom stereocenters. The largest absolute Gasteiger partial charge is 0.467 e. The first-order valence-electron chi connectivity index (χ1n) is 7.29. The Morgan fingerprint density at radius 2 is 1.91 bits per heavy atom. The zero-order valence-electron chi connectivity index (χ0n) is 13.1. The molecule has 1 aromatic rings. The first kappa shape index (κ1) is 16.7. The molecule has 1 saturated heterocycles. The van der Waals surface area contributed by atoms with E-state index in [1.54, 1.807) is 0 Å². The maximum Gasteiger partial charge on any atom is 0.417 e. The standard InChI is InChI=1S/C17H19NO5/c1-22-16(20)14-11-13(15(19)18(14)17(21)23-2)10-6-9-12-7-4-3-5-8-12/h3-9,13-14H,10-11H2,1-2H3/b9-6+/t13-,14+/m1/s1. The van der Waals surface area contributed by atoms with Crippen LogP contribution in [-0.4, -0.2) is 43.1 Å². The number of benzene rings is 1. The second-order valence-corrected chi connectivity index (χ2v) is 5.20. The number of rotatable bonds is 4. The fourth-order valence-electron chi connectivity index (χ4n) is 2.61. The molecule has 1 aliphatic heterocycles. The van der Waals surface area contributed by atoms with Crippen LogP contribution in [0, 0.1) is 5.92 Å². The van der Waals surface area contributed by atoms with Crippen molar-refractivity contribution in [2.24, 2.45) is 5.92 Å². The van der Waals surface area contributed by atoms with Crippen molar-refractivity contribution in [1.82, 2.24) is 4.90 Å². The molecule has 2 rings (SSSR count). The van der Waals surface area contributed by atoms with Gasteiger partial charge in [0.25, 0.3) is 0 Å². The van der Waals surface area contributed by atoms with Gasteiger partial charge in [-0.1, -0.05) is 42.5 Å². The van der Waals surface area contributed by atoms with E-state index in [1.165, 1.54) is 14.2 Å². The summed E-state index contributed by atoms with van der Waals surface area (Å²) in [4.78, 5) is 36.8. The SMILES string of the molecule is COC(=O)[C@@H]1C[C@@H](C/C=C/c2ccccc2)C(=O)N1C(=O)OC. The fourth-order valence-corrected chi connectivity index (χ4v) is 2.61. The van der Waals surface area contributed by atoms with E-state index in [9.17, 15) is 14.4 Å². The third-order valence-corrected chi connectivity index (χ3v) is 3.78. The average molecular weight is 317 g/mol. The van der Waals surface area contributed by atoms with Crippen LogP contribution in [0.15, 0.2) is 36.4 Å². The van der Waals surface area contributed by atoms with Crippen LogP contribution in [-0.2, 0) is 19.1 Å². The summed E-state index contributed by atoms with van der Waals surface area (Å²) in [5, 5.41) is 0. The molecule has 23 heavy (non-hydrogen) atoms. The van der Waals surface area contributed by atoms with Gasteiger partial charge in [-0.2, -0.15) is 0 Å². The van der Waals surface area contributed by atoms with E-state index in [2.05, 4.69) is 9.47 Å². The summed E-state index contributed by atoms with van der Waals surface area (Å²) >= 11 is 0. The highest BCUT2D eigenvalue weighted by atomic mass is 16.5. The van der Waals surface area contributed by atoms with Crippen LogP contribution < -0.4 is 0 Å². The lowest BCUT2D eigenvalue weighted by atomic mass is 10.0. The fraction of sp³-hybridized carbons (Fsp3) is 0.353. The minimum atomic E-state index is -0.921. The molecular weight excluding hydrogens is 298 g/mol. The molecule has 2 amide bonds. The van der Waals surface area contributed by atoms with Gasteiger partial charge < -0.3 is 9.47 Å². The minimum absolute atomic E-state index is 0.236. The van der Waals surface area contributed by atoms with Gasteiger partial charge >= 0.3 is 12.1 Å². The number of carbonyl (C=O) groups excluding carboxylic acids is 3. The predicted molar refractivity (Wildman–Crippen MR) is 83.3 cm³/mol. The number of likely N-dealkylation sites (tertiary alicyclic amines) is 1. The lowest BCUT2D eigenvalue weighted by molar-refractivity contribution is -0.148. The summed E-state index contributed by atoms with van der Waals surface area (Å²) < 4.78 is 9.26. The second-order valence-electron chi connectivity index (χ2n) is 5.20. The molecule has 0 N–H and O–H groups in total. The Labute approximate surface area is 134 Å². The monoisotopic (exact) mass is 317 g/mol. The van der Waals surface area contributed by atoms with Crippen molar-refractivity contribution < 1.29 is 23.9 Å². The maximum absolute atomic E-state index is 12.4. The Morgan fingerprint density at radius 1 is 1.22 bits per heavy atom. The van der Waals surface area contributed by atoms with Crippen molar-refractivity contribution in [2.75, 3.05) is 14.2 Å². The molecule has 0 saturated carbocycles. The number of esters is 1. The van der Waals surface area contributed by atoms with Gasteiger partial charge in [0, 0.05) is 5.92 Å².